The number of benzene rings is 1. The number of ether oxygens (including phenoxy) is 1. The summed E-state index contributed by atoms with van der Waals surface area (Å²) in [5.41, 5.74) is 2.67. The molecule has 1 aromatic carbocycles. The molecule has 0 saturated heterocycles. The Morgan fingerprint density at radius 1 is 1.14 bits per heavy atom. The van der Waals surface area contributed by atoms with Crippen LogP contribution >= 0.6 is 0 Å². The fraction of sp³-hybridized carbons (Fsp3) is 0.435. The van der Waals surface area contributed by atoms with Gasteiger partial charge in [0, 0.05) is 31.4 Å². The van der Waals surface area contributed by atoms with Crippen LogP contribution < -0.4 is 4.74 Å². The lowest BCUT2D eigenvalue weighted by atomic mass is 9.92. The van der Waals surface area contributed by atoms with Crippen molar-refractivity contribution in [2.75, 3.05) is 7.11 Å². The Morgan fingerprint density at radius 2 is 1.93 bits per heavy atom. The maximum Gasteiger partial charge on any atom is 0.215 e. The second-order valence-corrected chi connectivity index (χ2v) is 7.73. The Balaban J connectivity index is 1.36. The van der Waals surface area contributed by atoms with Crippen LogP contribution in [0, 0.1) is 5.82 Å². The molecule has 152 valence electrons. The van der Waals surface area contributed by atoms with Gasteiger partial charge in [0.2, 0.25) is 5.88 Å². The van der Waals surface area contributed by atoms with Crippen LogP contribution in [0.2, 0.25) is 0 Å². The third-order valence-electron chi connectivity index (χ3n) is 5.65. The molecule has 0 aliphatic heterocycles. The van der Waals surface area contributed by atoms with Crippen molar-refractivity contribution in [2.45, 2.75) is 57.4 Å². The molecule has 5 nitrogen and oxygen atoms in total. The van der Waals surface area contributed by atoms with Crippen molar-refractivity contribution < 1.29 is 13.9 Å². The Bertz CT molecular complexity index is 993. The molecule has 1 aliphatic rings. The van der Waals surface area contributed by atoms with Crippen LogP contribution in [0.5, 0.6) is 5.88 Å². The van der Waals surface area contributed by atoms with E-state index in [0.29, 0.717) is 24.8 Å². The number of methoxy groups -OCH3 is 1. The first-order valence-electron chi connectivity index (χ1n) is 10.3. The number of hydrogen-bond acceptors (Lipinski definition) is 4. The zero-order chi connectivity index (χ0) is 20.2. The predicted octanol–water partition coefficient (Wildman–Crippen LogP) is 4.83. The van der Waals surface area contributed by atoms with Crippen molar-refractivity contribution in [1.82, 2.24) is 14.5 Å². The van der Waals surface area contributed by atoms with Crippen molar-refractivity contribution in [3.8, 4) is 5.88 Å². The minimum absolute atomic E-state index is 0.190. The number of nitrogens with zero attached hydrogens (tertiary/aromatic N) is 3. The number of carbonyl (C=O) groups is 1. The first-order chi connectivity index (χ1) is 14.1. The number of rotatable bonds is 9. The van der Waals surface area contributed by atoms with E-state index in [9.17, 15) is 9.18 Å². The minimum Gasteiger partial charge on any atom is -0.481 e. The van der Waals surface area contributed by atoms with Crippen molar-refractivity contribution in [3.63, 3.8) is 0 Å². The zero-order valence-corrected chi connectivity index (χ0v) is 16.7. The van der Waals surface area contributed by atoms with Crippen LogP contribution in [0.1, 0.15) is 56.0 Å². The van der Waals surface area contributed by atoms with Crippen LogP contribution in [-0.4, -0.2) is 27.4 Å². The number of fused-ring (bicyclic) bond motifs is 1. The summed E-state index contributed by atoms with van der Waals surface area (Å²) in [5, 5.41) is 0. The second-order valence-electron chi connectivity index (χ2n) is 7.73. The van der Waals surface area contributed by atoms with Gasteiger partial charge in [-0.2, -0.15) is 4.98 Å². The van der Waals surface area contributed by atoms with E-state index in [1.807, 2.05) is 12.1 Å². The van der Waals surface area contributed by atoms with E-state index in [0.717, 1.165) is 54.7 Å². The highest BCUT2D eigenvalue weighted by Crippen LogP contribution is 2.35. The molecule has 0 N–H and O–H groups in total. The average molecular weight is 395 g/mol. The largest absolute Gasteiger partial charge is 0.481 e. The van der Waals surface area contributed by atoms with E-state index in [1.165, 1.54) is 18.6 Å². The fourth-order valence-electron chi connectivity index (χ4n) is 3.85. The van der Waals surface area contributed by atoms with E-state index in [-0.39, 0.29) is 11.6 Å². The molecule has 0 spiro atoms. The Hall–Kier alpha value is -2.76. The predicted molar refractivity (Wildman–Crippen MR) is 110 cm³/mol. The zero-order valence-electron chi connectivity index (χ0n) is 16.7. The number of hydrogen-bond donors (Lipinski definition) is 0. The summed E-state index contributed by atoms with van der Waals surface area (Å²) < 4.78 is 20.5. The molecule has 1 aliphatic carbocycles. The number of unbranched alkanes of at least 4 members (excludes halogenated alkanes) is 1. The number of aromatic nitrogens is 3. The van der Waals surface area contributed by atoms with Crippen molar-refractivity contribution in [1.29, 1.82) is 0 Å². The third-order valence-corrected chi connectivity index (χ3v) is 5.65. The molecule has 4 rings (SSSR count). The summed E-state index contributed by atoms with van der Waals surface area (Å²) in [6, 6.07) is 10.4. The van der Waals surface area contributed by atoms with Gasteiger partial charge in [-0.1, -0.05) is 12.1 Å². The first-order valence-corrected chi connectivity index (χ1v) is 10.3. The summed E-state index contributed by atoms with van der Waals surface area (Å²) in [6.07, 6.45) is 7.02. The molecule has 0 radical (unpaired) electrons. The van der Waals surface area contributed by atoms with Gasteiger partial charge in [-0.3, -0.25) is 4.79 Å². The maximum absolute atomic E-state index is 13.0. The fourth-order valence-corrected chi connectivity index (χ4v) is 3.85. The van der Waals surface area contributed by atoms with Gasteiger partial charge in [0.1, 0.15) is 22.9 Å². The van der Waals surface area contributed by atoms with E-state index < -0.39 is 0 Å². The van der Waals surface area contributed by atoms with Gasteiger partial charge in [-0.05, 0) is 55.9 Å². The quantitative estimate of drug-likeness (QED) is 0.487. The number of aryl methyl sites for hydroxylation is 1. The van der Waals surface area contributed by atoms with Crippen molar-refractivity contribution in [2.24, 2.45) is 0 Å². The number of carbonyl (C=O) groups excluding carboxylic acids is 1. The molecular weight excluding hydrogens is 369 g/mol. The van der Waals surface area contributed by atoms with Crippen molar-refractivity contribution in [3.05, 3.63) is 53.6 Å². The highest BCUT2D eigenvalue weighted by molar-refractivity contribution is 5.80. The van der Waals surface area contributed by atoms with Crippen LogP contribution in [0.15, 0.2) is 36.4 Å². The normalized spacial score (nSPS) is 14.1. The van der Waals surface area contributed by atoms with E-state index in [4.69, 9.17) is 9.72 Å². The molecule has 2 heterocycles. The smallest absolute Gasteiger partial charge is 0.215 e. The topological polar surface area (TPSA) is 57.0 Å². The van der Waals surface area contributed by atoms with Gasteiger partial charge in [0.15, 0.2) is 5.65 Å². The highest BCUT2D eigenvalue weighted by atomic mass is 19.1. The van der Waals surface area contributed by atoms with E-state index >= 15 is 0 Å². The first kappa shape index (κ1) is 19.6. The lowest BCUT2D eigenvalue weighted by Gasteiger charge is -2.28. The standard InChI is InChI=1S/C23H26FN3O2/c1-29-22-14-13-20-23(26-22)27(18-5-4-6-18)21(25-20)8-3-2-7-19(28)15-16-9-11-17(24)12-10-16/h9-14,18H,2-8,15H2,1H3. The SMILES string of the molecule is COc1ccc2nc(CCCCC(=O)Cc3ccc(F)cc3)n(C3CCC3)c2n1. The van der Waals surface area contributed by atoms with Crippen molar-refractivity contribution >= 4 is 16.9 Å². The van der Waals surface area contributed by atoms with Gasteiger partial charge in [0.25, 0.3) is 0 Å². The molecule has 0 amide bonds. The lowest BCUT2D eigenvalue weighted by Crippen LogP contribution is -2.19. The molecule has 6 heteroatoms. The van der Waals surface area contributed by atoms with Crippen LogP contribution in [0.25, 0.3) is 11.2 Å². The minimum atomic E-state index is -0.275. The molecule has 0 unspecified atom stereocenters. The molecule has 1 fully saturated rings. The summed E-state index contributed by atoms with van der Waals surface area (Å²) in [6.45, 7) is 0. The van der Waals surface area contributed by atoms with Gasteiger partial charge in [-0.15, -0.1) is 0 Å². The molecule has 3 aromatic rings. The molecule has 0 bridgehead atoms. The molecular formula is C23H26FN3O2. The van der Waals surface area contributed by atoms with Crippen LogP contribution in [0.4, 0.5) is 4.39 Å². The Kier molecular flexibility index (Phi) is 5.88. The molecule has 0 atom stereocenters. The number of ketones is 1. The van der Waals surface area contributed by atoms with Crippen LogP contribution in [0.3, 0.4) is 0 Å². The Morgan fingerprint density at radius 3 is 2.62 bits per heavy atom. The molecule has 29 heavy (non-hydrogen) atoms. The Labute approximate surface area is 169 Å². The van der Waals surface area contributed by atoms with E-state index in [2.05, 4.69) is 9.55 Å². The third kappa shape index (κ3) is 4.47. The van der Waals surface area contributed by atoms with Gasteiger partial charge in [0.05, 0.1) is 7.11 Å². The average Bonchev–Trinajstić information content (AvgIpc) is 3.03. The highest BCUT2D eigenvalue weighted by Gasteiger charge is 2.25. The van der Waals surface area contributed by atoms with Gasteiger partial charge < -0.3 is 9.30 Å². The van der Waals surface area contributed by atoms with Gasteiger partial charge >= 0.3 is 0 Å². The lowest BCUT2D eigenvalue weighted by molar-refractivity contribution is -0.118. The number of Topliss-reactive ketones (excluding diaryl/α,β-unsaturated/α-hetero) is 1. The maximum atomic E-state index is 13.0. The number of imidazole rings is 1. The second kappa shape index (κ2) is 8.72. The summed E-state index contributed by atoms with van der Waals surface area (Å²) >= 11 is 0. The monoisotopic (exact) mass is 395 g/mol. The van der Waals surface area contributed by atoms with E-state index in [1.54, 1.807) is 19.2 Å². The molecule has 2 aromatic heterocycles. The van der Waals surface area contributed by atoms with Crippen LogP contribution in [-0.2, 0) is 17.6 Å². The summed E-state index contributed by atoms with van der Waals surface area (Å²) in [4.78, 5) is 21.6. The summed E-state index contributed by atoms with van der Waals surface area (Å²) in [7, 11) is 1.63. The number of pyridine rings is 1. The molecule has 1 saturated carbocycles. The summed E-state index contributed by atoms with van der Waals surface area (Å²) in [5.74, 6) is 1.57. The number of halogens is 1. The van der Waals surface area contributed by atoms with Gasteiger partial charge in [-0.25, -0.2) is 9.37 Å².